The van der Waals surface area contributed by atoms with Crippen molar-refractivity contribution in [2.45, 2.75) is 19.4 Å². The van der Waals surface area contributed by atoms with Gasteiger partial charge < -0.3 is 9.64 Å². The molecule has 0 aliphatic carbocycles. The lowest BCUT2D eigenvalue weighted by atomic mass is 9.96. The minimum atomic E-state index is -0.379. The van der Waals surface area contributed by atoms with Crippen LogP contribution in [0.3, 0.4) is 0 Å². The summed E-state index contributed by atoms with van der Waals surface area (Å²) >= 11 is 5.73. The zero-order chi connectivity index (χ0) is 18.5. The van der Waals surface area contributed by atoms with E-state index in [9.17, 15) is 14.9 Å². The van der Waals surface area contributed by atoms with Crippen molar-refractivity contribution in [3.05, 3.63) is 63.4 Å². The van der Waals surface area contributed by atoms with E-state index in [1.54, 1.807) is 36.5 Å². The van der Waals surface area contributed by atoms with E-state index in [0.29, 0.717) is 36.8 Å². The monoisotopic (exact) mass is 375 g/mol. The molecule has 0 radical (unpaired) electrons. The maximum absolute atomic E-state index is 12.3. The molecule has 1 aromatic heterocycles. The molecule has 0 N–H and O–H groups in total. The second-order valence-corrected chi connectivity index (χ2v) is 6.49. The Kier molecular flexibility index (Phi) is 5.68. The third kappa shape index (κ3) is 4.29. The number of carbonyl (C=O) groups is 1. The highest BCUT2D eigenvalue weighted by Gasteiger charge is 2.28. The van der Waals surface area contributed by atoms with Crippen molar-refractivity contribution < 1.29 is 14.5 Å². The summed E-state index contributed by atoms with van der Waals surface area (Å²) in [4.78, 5) is 28.9. The quantitative estimate of drug-likeness (QED) is 0.343. The summed E-state index contributed by atoms with van der Waals surface area (Å²) in [6.45, 7) is 1.31. The lowest BCUT2D eigenvalue weighted by Crippen LogP contribution is -2.37. The van der Waals surface area contributed by atoms with Gasteiger partial charge in [0.05, 0.1) is 10.8 Å². The standard InChI is InChI=1S/C18H18ClN3O4/c19-17-6-5-13(11-20-17)12-26-18(23)14-7-9-21(10-8-14)15-3-1-2-4-16(15)22(24)25/h1-6,11,14H,7-10,12H2. The minimum Gasteiger partial charge on any atom is -0.461 e. The van der Waals surface area contributed by atoms with Crippen LogP contribution >= 0.6 is 11.6 Å². The van der Waals surface area contributed by atoms with E-state index in [4.69, 9.17) is 16.3 Å². The number of hydrogen-bond acceptors (Lipinski definition) is 6. The Labute approximate surface area is 155 Å². The average Bonchev–Trinajstić information content (AvgIpc) is 2.67. The number of carbonyl (C=O) groups excluding carboxylic acids is 1. The molecule has 8 heteroatoms. The predicted molar refractivity (Wildman–Crippen MR) is 97.1 cm³/mol. The Morgan fingerprint density at radius 2 is 2.00 bits per heavy atom. The zero-order valence-electron chi connectivity index (χ0n) is 14.0. The molecule has 1 aromatic carbocycles. The zero-order valence-corrected chi connectivity index (χ0v) is 14.8. The Bertz CT molecular complexity index is 789. The lowest BCUT2D eigenvalue weighted by molar-refractivity contribution is -0.384. The summed E-state index contributed by atoms with van der Waals surface area (Å²) in [5.74, 6) is -0.448. The number of rotatable bonds is 5. The van der Waals surface area contributed by atoms with Crippen LogP contribution < -0.4 is 4.90 Å². The molecule has 136 valence electrons. The van der Waals surface area contributed by atoms with Crippen LogP contribution in [0.25, 0.3) is 0 Å². The molecule has 0 atom stereocenters. The van der Waals surface area contributed by atoms with E-state index in [0.717, 1.165) is 5.56 Å². The summed E-state index contributed by atoms with van der Waals surface area (Å²) in [7, 11) is 0. The van der Waals surface area contributed by atoms with Crippen LogP contribution in [0.15, 0.2) is 42.6 Å². The van der Waals surface area contributed by atoms with Crippen LogP contribution in [0.4, 0.5) is 11.4 Å². The van der Waals surface area contributed by atoms with E-state index >= 15 is 0 Å². The van der Waals surface area contributed by atoms with Gasteiger partial charge in [0.25, 0.3) is 5.69 Å². The number of ether oxygens (including phenoxy) is 1. The van der Waals surface area contributed by atoms with Gasteiger partial charge in [-0.2, -0.15) is 0 Å². The molecule has 0 spiro atoms. The van der Waals surface area contributed by atoms with Gasteiger partial charge in [0.15, 0.2) is 0 Å². The topological polar surface area (TPSA) is 85.6 Å². The van der Waals surface area contributed by atoms with Gasteiger partial charge in [-0.3, -0.25) is 14.9 Å². The SMILES string of the molecule is O=C(OCc1ccc(Cl)nc1)C1CCN(c2ccccc2[N+](=O)[O-])CC1. The third-order valence-electron chi connectivity index (χ3n) is 4.42. The molecule has 0 saturated carbocycles. The first-order valence-electron chi connectivity index (χ1n) is 8.30. The molecular weight excluding hydrogens is 358 g/mol. The number of nitro benzene ring substituents is 1. The highest BCUT2D eigenvalue weighted by molar-refractivity contribution is 6.29. The van der Waals surface area contributed by atoms with Gasteiger partial charge in [0.2, 0.25) is 0 Å². The second-order valence-electron chi connectivity index (χ2n) is 6.10. The van der Waals surface area contributed by atoms with E-state index in [2.05, 4.69) is 4.98 Å². The molecule has 26 heavy (non-hydrogen) atoms. The smallest absolute Gasteiger partial charge is 0.309 e. The fourth-order valence-corrected chi connectivity index (χ4v) is 3.12. The number of aromatic nitrogens is 1. The Balaban J connectivity index is 1.54. The maximum atomic E-state index is 12.3. The van der Waals surface area contributed by atoms with Crippen molar-refractivity contribution in [2.75, 3.05) is 18.0 Å². The number of pyridine rings is 1. The van der Waals surface area contributed by atoms with Crippen LogP contribution in [0.2, 0.25) is 5.15 Å². The fraction of sp³-hybridized carbons (Fsp3) is 0.333. The Morgan fingerprint density at radius 1 is 1.27 bits per heavy atom. The van der Waals surface area contributed by atoms with Crippen molar-refractivity contribution in [3.8, 4) is 0 Å². The van der Waals surface area contributed by atoms with Gasteiger partial charge >= 0.3 is 5.97 Å². The molecule has 1 saturated heterocycles. The van der Waals surface area contributed by atoms with Gasteiger partial charge in [0.1, 0.15) is 17.4 Å². The number of esters is 1. The fourth-order valence-electron chi connectivity index (χ4n) is 3.01. The molecule has 2 heterocycles. The lowest BCUT2D eigenvalue weighted by Gasteiger charge is -2.32. The molecule has 1 aliphatic rings. The summed E-state index contributed by atoms with van der Waals surface area (Å²) in [6.07, 6.45) is 2.78. The summed E-state index contributed by atoms with van der Waals surface area (Å²) in [5.41, 5.74) is 1.46. The van der Waals surface area contributed by atoms with Crippen molar-refractivity contribution in [2.24, 2.45) is 5.92 Å². The van der Waals surface area contributed by atoms with Crippen molar-refractivity contribution in [1.29, 1.82) is 0 Å². The van der Waals surface area contributed by atoms with Gasteiger partial charge in [0, 0.05) is 30.9 Å². The van der Waals surface area contributed by atoms with Gasteiger partial charge in [-0.05, 0) is 25.0 Å². The molecule has 2 aromatic rings. The molecule has 0 bridgehead atoms. The van der Waals surface area contributed by atoms with E-state index < -0.39 is 0 Å². The van der Waals surface area contributed by atoms with Gasteiger partial charge in [-0.25, -0.2) is 4.98 Å². The van der Waals surface area contributed by atoms with E-state index in [1.165, 1.54) is 6.07 Å². The van der Waals surface area contributed by atoms with Crippen molar-refractivity contribution in [1.82, 2.24) is 4.98 Å². The molecular formula is C18H18ClN3O4. The second kappa shape index (κ2) is 8.14. The molecule has 1 aliphatic heterocycles. The molecule has 0 unspecified atom stereocenters. The summed E-state index contributed by atoms with van der Waals surface area (Å²) in [6, 6.07) is 10.1. The van der Waals surface area contributed by atoms with Crippen LogP contribution in [-0.4, -0.2) is 29.0 Å². The molecule has 0 amide bonds. The maximum Gasteiger partial charge on any atom is 0.309 e. The van der Waals surface area contributed by atoms with Crippen LogP contribution in [0.1, 0.15) is 18.4 Å². The number of halogens is 1. The van der Waals surface area contributed by atoms with Gasteiger partial charge in [-0.1, -0.05) is 29.8 Å². The number of nitro groups is 1. The van der Waals surface area contributed by atoms with Gasteiger partial charge in [-0.15, -0.1) is 0 Å². The summed E-state index contributed by atoms with van der Waals surface area (Å²) in [5, 5.41) is 11.6. The minimum absolute atomic E-state index is 0.0868. The van der Waals surface area contributed by atoms with Crippen molar-refractivity contribution in [3.63, 3.8) is 0 Å². The average molecular weight is 376 g/mol. The Morgan fingerprint density at radius 3 is 2.65 bits per heavy atom. The summed E-state index contributed by atoms with van der Waals surface area (Å²) < 4.78 is 5.36. The number of hydrogen-bond donors (Lipinski definition) is 0. The highest BCUT2D eigenvalue weighted by atomic mass is 35.5. The number of piperidine rings is 1. The molecule has 7 nitrogen and oxygen atoms in total. The van der Waals surface area contributed by atoms with E-state index in [1.807, 2.05) is 4.90 Å². The number of nitrogens with zero attached hydrogens (tertiary/aromatic N) is 3. The largest absolute Gasteiger partial charge is 0.461 e. The van der Waals surface area contributed by atoms with Crippen LogP contribution in [-0.2, 0) is 16.1 Å². The first-order chi connectivity index (χ1) is 12.5. The normalized spacial score (nSPS) is 14.9. The first-order valence-corrected chi connectivity index (χ1v) is 8.68. The van der Waals surface area contributed by atoms with Crippen LogP contribution in [0.5, 0.6) is 0 Å². The Hall–Kier alpha value is -2.67. The molecule has 3 rings (SSSR count). The predicted octanol–water partition coefficient (Wildman–Crippen LogP) is 3.60. The van der Waals surface area contributed by atoms with E-state index in [-0.39, 0.29) is 29.1 Å². The number of benzene rings is 1. The van der Waals surface area contributed by atoms with Crippen LogP contribution in [0, 0.1) is 16.0 Å². The first kappa shape index (κ1) is 18.1. The highest BCUT2D eigenvalue weighted by Crippen LogP contribution is 2.31. The third-order valence-corrected chi connectivity index (χ3v) is 4.64. The molecule has 1 fully saturated rings. The number of anilines is 1. The van der Waals surface area contributed by atoms with Crippen molar-refractivity contribution >= 4 is 28.9 Å². The number of para-hydroxylation sites is 2.